The maximum atomic E-state index is 8.49. The van der Waals surface area contributed by atoms with Crippen LogP contribution in [0.25, 0.3) is 0 Å². The summed E-state index contributed by atoms with van der Waals surface area (Å²) in [4.78, 5) is 0. The molecule has 0 saturated carbocycles. The molecule has 12 heteroatoms. The number of halogens is 2. The van der Waals surface area contributed by atoms with Crippen molar-refractivity contribution in [2.45, 2.75) is 0 Å². The maximum absolute atomic E-state index is 8.49. The molecule has 0 aliphatic carbocycles. The first-order valence-electron chi connectivity index (χ1n) is 3.73. The topological polar surface area (TPSA) is 212 Å². The Balaban J connectivity index is -0.0000000693. The minimum Gasteiger partial charge on any atom is -0.360 e. The van der Waals surface area contributed by atoms with Gasteiger partial charge in [-0.2, -0.15) is 0 Å². The van der Waals surface area contributed by atoms with Crippen LogP contribution in [-0.2, 0) is 0 Å². The Kier molecular flexibility index (Phi) is 17.2. The van der Waals surface area contributed by atoms with E-state index >= 15 is 0 Å². The fourth-order valence-electron chi connectivity index (χ4n) is 0. The van der Waals surface area contributed by atoms with Gasteiger partial charge in [-0.3, -0.25) is 0 Å². The Morgan fingerprint density at radius 3 is 0.588 bits per heavy atom. The number of hydrogen-bond donors (Lipinski definition) is 1. The molecule has 0 radical (unpaired) electrons. The van der Waals surface area contributed by atoms with E-state index in [2.05, 4.69) is 33.9 Å². The van der Waals surface area contributed by atoms with Gasteiger partial charge in [0.1, 0.15) is 0 Å². The highest BCUT2D eigenvalue weighted by atomic mass is 35.7. The minimum atomic E-state index is -4.94. The molecule has 0 amide bonds. The second-order valence-electron chi connectivity index (χ2n) is 3.44. The summed E-state index contributed by atoms with van der Waals surface area (Å²) in [6.07, 6.45) is 0. The predicted molar refractivity (Wildman–Crippen MR) is 32.8 cm³/mol. The van der Waals surface area contributed by atoms with Crippen LogP contribution >= 0.6 is 0 Å². The summed E-state index contributed by atoms with van der Waals surface area (Å²) in [5.74, 6) is 0. The van der Waals surface area contributed by atoms with Gasteiger partial charge in [0.2, 0.25) is 0 Å². The molecule has 10 nitrogen and oxygen atoms in total. The summed E-state index contributed by atoms with van der Waals surface area (Å²) in [5.41, 5.74) is 3.25. The third-order valence-electron chi connectivity index (χ3n) is 0. The van der Waals surface area contributed by atoms with Gasteiger partial charge in [0, 0.05) is 0 Å². The predicted octanol–water partition coefficient (Wildman–Crippen LogP) is -10.3. The molecule has 0 saturated heterocycles. The fraction of sp³-hybridized carbons (Fsp3) is 1.00. The lowest BCUT2D eigenvalue weighted by Crippen LogP contribution is -2.68. The monoisotopic (exact) mass is 304 g/mol. The molecular weight excluding hydrogens is 287 g/mol. The second kappa shape index (κ2) is 11.3. The van der Waals surface area contributed by atoms with Crippen molar-refractivity contribution in [3.8, 4) is 0 Å². The van der Waals surface area contributed by atoms with Gasteiger partial charge >= 0.3 is 0 Å². The summed E-state index contributed by atoms with van der Waals surface area (Å²) in [6.45, 7) is 0. The Hall–Kier alpha value is 0.180. The molecule has 0 aromatic heterocycles. The molecule has 0 fully saturated rings. The van der Waals surface area contributed by atoms with Crippen LogP contribution in [0.1, 0.15) is 0 Å². The van der Waals surface area contributed by atoms with E-state index in [4.69, 9.17) is 37.3 Å². The molecule has 0 heterocycles. The van der Waals surface area contributed by atoms with Gasteiger partial charge in [0.25, 0.3) is 0 Å². The third kappa shape index (κ3) is 100000. The van der Waals surface area contributed by atoms with E-state index in [-0.39, 0.29) is 0 Å². The number of nitrogens with zero attached hydrogens (tertiary/aromatic N) is 1. The van der Waals surface area contributed by atoms with Gasteiger partial charge in [0.05, 0.1) is 35.2 Å². The average molecular weight is 305 g/mol. The van der Waals surface area contributed by atoms with E-state index in [1.807, 2.05) is 0 Å². The van der Waals surface area contributed by atoms with Gasteiger partial charge < -0.3 is 10.2 Å². The van der Waals surface area contributed by atoms with Crippen molar-refractivity contribution >= 4 is 0 Å². The first-order valence-corrected chi connectivity index (χ1v) is 6.20. The molecular formula is C5H18Cl2N2O8. The van der Waals surface area contributed by atoms with E-state index in [0.29, 0.717) is 0 Å². The van der Waals surface area contributed by atoms with Crippen molar-refractivity contribution in [2.75, 3.05) is 35.2 Å². The Morgan fingerprint density at radius 2 is 0.588 bits per heavy atom. The van der Waals surface area contributed by atoms with Gasteiger partial charge in [-0.25, -0.2) is 37.3 Å². The molecule has 0 aromatic rings. The molecule has 110 valence electrons. The van der Waals surface area contributed by atoms with E-state index < -0.39 is 20.5 Å². The summed E-state index contributed by atoms with van der Waals surface area (Å²) < 4.78 is 68.9. The lowest BCUT2D eigenvalue weighted by atomic mass is 10.8. The highest BCUT2D eigenvalue weighted by molar-refractivity contribution is 3.87. The molecule has 0 rings (SSSR count). The van der Waals surface area contributed by atoms with Crippen LogP contribution in [0.15, 0.2) is 0 Å². The summed E-state index contributed by atoms with van der Waals surface area (Å²) in [6, 6.07) is 0. The second-order valence-corrected chi connectivity index (χ2v) is 4.95. The first kappa shape index (κ1) is 25.9. The van der Waals surface area contributed by atoms with Crippen molar-refractivity contribution in [1.82, 2.24) is 0 Å². The zero-order valence-corrected chi connectivity index (χ0v) is 11.7. The Labute approximate surface area is 104 Å². The van der Waals surface area contributed by atoms with Crippen molar-refractivity contribution in [1.29, 1.82) is 0 Å². The molecule has 0 bridgehead atoms. The maximum Gasteiger partial charge on any atom is 0.0675 e. The lowest BCUT2D eigenvalue weighted by molar-refractivity contribution is -2.00. The van der Waals surface area contributed by atoms with Crippen LogP contribution in [0, 0.1) is 20.5 Å². The quantitative estimate of drug-likeness (QED) is 0.423. The highest BCUT2D eigenvalue weighted by Crippen LogP contribution is 1.73. The summed E-state index contributed by atoms with van der Waals surface area (Å²) >= 11 is 0. The molecule has 0 unspecified atom stereocenters. The zero-order chi connectivity index (χ0) is 15.5. The molecule has 3 N–H and O–H groups in total. The van der Waals surface area contributed by atoms with Gasteiger partial charge in [-0.15, -0.1) is 20.5 Å². The largest absolute Gasteiger partial charge is 0.360 e. The molecule has 0 atom stereocenters. The standard InChI is InChI=1S/C4H12N.CH5N.2ClHO4/c1-5(2,3)4;1-2;2*2-1(3,4)5/h1-4H3;2H2,1H3;2*(H,2,3,4,5)/q+1;;;/p-1. The number of rotatable bonds is 0. The van der Waals surface area contributed by atoms with Crippen LogP contribution in [0.5, 0.6) is 0 Å². The zero-order valence-electron chi connectivity index (χ0n) is 10.2. The number of quaternary nitrogens is 2. The number of hydrogen-bond acceptors (Lipinski definition) is 8. The highest BCUT2D eigenvalue weighted by Gasteiger charge is 1.88. The Bertz CT molecular complexity index is 105. The Morgan fingerprint density at radius 1 is 0.588 bits per heavy atom. The first-order chi connectivity index (χ1) is 7.00. The van der Waals surface area contributed by atoms with E-state index in [0.717, 1.165) is 4.48 Å². The molecule has 0 spiro atoms. The lowest BCUT2D eigenvalue weighted by Gasteiger charge is -2.17. The van der Waals surface area contributed by atoms with Crippen LogP contribution in [-0.4, -0.2) is 39.7 Å². The molecule has 17 heavy (non-hydrogen) atoms. The minimum absolute atomic E-state index is 1.00. The van der Waals surface area contributed by atoms with Gasteiger partial charge in [-0.05, 0) is 0 Å². The average Bonchev–Trinajstić information content (AvgIpc) is 1.77. The van der Waals surface area contributed by atoms with Crippen molar-refractivity contribution in [3.05, 3.63) is 0 Å². The van der Waals surface area contributed by atoms with Crippen molar-refractivity contribution in [3.63, 3.8) is 0 Å². The van der Waals surface area contributed by atoms with E-state index in [1.54, 1.807) is 7.05 Å². The van der Waals surface area contributed by atoms with E-state index in [1.165, 1.54) is 0 Å². The van der Waals surface area contributed by atoms with Crippen LogP contribution in [0.2, 0.25) is 0 Å². The van der Waals surface area contributed by atoms with Crippen molar-refractivity contribution < 1.29 is 68.0 Å². The molecule has 0 aliphatic heterocycles. The molecule has 0 aromatic carbocycles. The third-order valence-corrected chi connectivity index (χ3v) is 0. The van der Waals surface area contributed by atoms with Gasteiger partial charge in [-0.1, -0.05) is 0 Å². The van der Waals surface area contributed by atoms with Gasteiger partial charge in [0.15, 0.2) is 0 Å². The molecule has 0 aliphatic rings. The normalized spacial score (nSPS) is 10.9. The SMILES string of the molecule is C[N+](C)(C)C.C[NH3+].[O-][Cl+3]([O-])([O-])[O-].[O-][Cl+3]([O-])([O-])[O-]. The summed E-state index contributed by atoms with van der Waals surface area (Å²) in [5, 5.41) is 0. The fourth-order valence-corrected chi connectivity index (χ4v) is 0. The van der Waals surface area contributed by atoms with E-state index in [9.17, 15) is 0 Å². The summed E-state index contributed by atoms with van der Waals surface area (Å²) in [7, 11) is 0.361. The van der Waals surface area contributed by atoms with Crippen LogP contribution in [0.3, 0.4) is 0 Å². The van der Waals surface area contributed by atoms with Crippen molar-refractivity contribution in [2.24, 2.45) is 0 Å². The van der Waals surface area contributed by atoms with Crippen LogP contribution in [0.4, 0.5) is 0 Å². The smallest absolute Gasteiger partial charge is 0.0675 e. The van der Waals surface area contributed by atoms with Crippen LogP contribution < -0.4 is 43.0 Å².